The van der Waals surface area contributed by atoms with Crippen LogP contribution in [-0.2, 0) is 0 Å². The van der Waals surface area contributed by atoms with Gasteiger partial charge in [-0.3, -0.25) is 0 Å². The minimum Gasteiger partial charge on any atom is -0.485 e. The van der Waals surface area contributed by atoms with Crippen molar-refractivity contribution in [3.05, 3.63) is 27.8 Å². The van der Waals surface area contributed by atoms with E-state index in [0.29, 0.717) is 11.6 Å². The fourth-order valence-electron chi connectivity index (χ4n) is 1.67. The first-order chi connectivity index (χ1) is 8.38. The maximum atomic E-state index is 6.29. The first-order valence-electron chi connectivity index (χ1n) is 5.77. The minimum atomic E-state index is 0.666. The highest BCUT2D eigenvalue weighted by Gasteiger charge is 2.13. The number of ether oxygens (including phenoxy) is 1. The number of aromatic nitrogens is 1. The fraction of sp³-hybridized carbons (Fsp3) is 0.385. The van der Waals surface area contributed by atoms with Crippen LogP contribution in [0.5, 0.6) is 5.75 Å². The smallest absolute Gasteiger partial charge is 0.146 e. The van der Waals surface area contributed by atoms with Crippen molar-refractivity contribution in [1.82, 2.24) is 4.98 Å². The van der Waals surface area contributed by atoms with Gasteiger partial charge in [0.05, 0.1) is 37.1 Å². The molecular formula is C13H17BrClN2O+. The Hall–Kier alpha value is -0.710. The molecule has 0 aliphatic carbocycles. The van der Waals surface area contributed by atoms with Crippen molar-refractivity contribution in [2.45, 2.75) is 0 Å². The molecule has 0 spiro atoms. The highest BCUT2D eigenvalue weighted by atomic mass is 79.9. The van der Waals surface area contributed by atoms with E-state index >= 15 is 0 Å². The van der Waals surface area contributed by atoms with Gasteiger partial charge in [0.1, 0.15) is 18.9 Å². The normalized spacial score (nSPS) is 12.1. The number of hydrogen-bond donors (Lipinski definition) is 1. The highest BCUT2D eigenvalue weighted by molar-refractivity contribution is 9.10. The summed E-state index contributed by atoms with van der Waals surface area (Å²) in [7, 11) is 6.42. The van der Waals surface area contributed by atoms with Gasteiger partial charge in [-0.15, -0.1) is 0 Å². The van der Waals surface area contributed by atoms with Gasteiger partial charge in [-0.1, -0.05) is 11.6 Å². The molecule has 5 heteroatoms. The number of H-pyrrole nitrogens is 1. The number of benzene rings is 1. The Bertz CT molecular complexity index is 560. The van der Waals surface area contributed by atoms with E-state index in [-0.39, 0.29) is 0 Å². The van der Waals surface area contributed by atoms with Crippen molar-refractivity contribution >= 4 is 38.4 Å². The number of likely N-dealkylation sites (N-methyl/N-ethyl adjacent to an activating group) is 1. The van der Waals surface area contributed by atoms with E-state index in [9.17, 15) is 0 Å². The Kier molecular flexibility index (Phi) is 3.90. The van der Waals surface area contributed by atoms with Crippen LogP contribution in [0.2, 0.25) is 5.02 Å². The molecule has 18 heavy (non-hydrogen) atoms. The van der Waals surface area contributed by atoms with Gasteiger partial charge in [0, 0.05) is 10.7 Å². The highest BCUT2D eigenvalue weighted by Crippen LogP contribution is 2.36. The number of halogens is 2. The number of nitrogens with zero attached hydrogens (tertiary/aromatic N) is 1. The van der Waals surface area contributed by atoms with Crippen molar-refractivity contribution in [1.29, 1.82) is 0 Å². The second-order valence-corrected chi connectivity index (χ2v) is 6.53. The van der Waals surface area contributed by atoms with E-state index in [1.54, 1.807) is 0 Å². The summed E-state index contributed by atoms with van der Waals surface area (Å²) in [5, 5.41) is 1.63. The monoisotopic (exact) mass is 331 g/mol. The molecule has 2 rings (SSSR count). The molecule has 0 aliphatic heterocycles. The van der Waals surface area contributed by atoms with Crippen LogP contribution in [0.4, 0.5) is 0 Å². The van der Waals surface area contributed by atoms with Crippen LogP contribution in [-0.4, -0.2) is 43.8 Å². The largest absolute Gasteiger partial charge is 0.485 e. The van der Waals surface area contributed by atoms with Crippen LogP contribution in [0, 0.1) is 0 Å². The number of rotatable bonds is 4. The van der Waals surface area contributed by atoms with Gasteiger partial charge in [0.25, 0.3) is 0 Å². The van der Waals surface area contributed by atoms with Crippen molar-refractivity contribution in [2.24, 2.45) is 0 Å². The first kappa shape index (κ1) is 13.7. The van der Waals surface area contributed by atoms with Gasteiger partial charge in [0.2, 0.25) is 0 Å². The van der Waals surface area contributed by atoms with Crippen molar-refractivity contribution in [2.75, 3.05) is 34.3 Å². The van der Waals surface area contributed by atoms with Crippen LogP contribution in [0.1, 0.15) is 0 Å². The third-order valence-electron chi connectivity index (χ3n) is 2.72. The fourth-order valence-corrected chi connectivity index (χ4v) is 2.26. The molecule has 0 unspecified atom stereocenters. The maximum absolute atomic E-state index is 6.29. The summed E-state index contributed by atoms with van der Waals surface area (Å²) in [5.74, 6) is 0.810. The summed E-state index contributed by atoms with van der Waals surface area (Å²) in [4.78, 5) is 3.17. The topological polar surface area (TPSA) is 25.0 Å². The van der Waals surface area contributed by atoms with Gasteiger partial charge in [-0.2, -0.15) is 0 Å². The molecule has 0 fully saturated rings. The minimum absolute atomic E-state index is 0.666. The van der Waals surface area contributed by atoms with Crippen LogP contribution >= 0.6 is 27.5 Å². The maximum Gasteiger partial charge on any atom is 0.146 e. The number of nitrogens with one attached hydrogen (secondary N) is 1. The molecule has 2 aromatic rings. The lowest BCUT2D eigenvalue weighted by Gasteiger charge is -2.23. The van der Waals surface area contributed by atoms with E-state index in [2.05, 4.69) is 42.1 Å². The van der Waals surface area contributed by atoms with Gasteiger partial charge in [0.15, 0.2) is 0 Å². The average molecular weight is 333 g/mol. The molecule has 1 aromatic carbocycles. The third kappa shape index (κ3) is 2.99. The number of quaternary nitrogens is 1. The lowest BCUT2D eigenvalue weighted by Crippen LogP contribution is -2.38. The van der Waals surface area contributed by atoms with Crippen molar-refractivity contribution < 1.29 is 9.22 Å². The molecule has 0 amide bonds. The molecule has 0 bridgehead atoms. The zero-order chi connectivity index (χ0) is 13.3. The predicted octanol–water partition coefficient (Wildman–Crippen LogP) is 3.67. The number of fused-ring (bicyclic) bond motifs is 1. The number of aromatic amines is 1. The van der Waals surface area contributed by atoms with Crippen LogP contribution in [0.3, 0.4) is 0 Å². The van der Waals surface area contributed by atoms with Crippen molar-refractivity contribution in [3.8, 4) is 5.75 Å². The zero-order valence-electron chi connectivity index (χ0n) is 10.8. The summed E-state index contributed by atoms with van der Waals surface area (Å²) in [6.45, 7) is 1.61. The molecule has 0 atom stereocenters. The standard InChI is InChI=1S/C13H17BrClN2O/c1-17(2,3)6-7-18-11-8-16-10-5-4-9(14)13(15)12(10)11/h4-5,8,16H,6-7H2,1-3H3/q+1. The Morgan fingerprint density at radius 2 is 2.06 bits per heavy atom. The summed E-state index contributed by atoms with van der Waals surface area (Å²) >= 11 is 9.72. The molecule has 1 N–H and O–H groups in total. The van der Waals surface area contributed by atoms with E-state index in [1.807, 2.05) is 18.3 Å². The molecule has 3 nitrogen and oxygen atoms in total. The van der Waals surface area contributed by atoms with Gasteiger partial charge in [-0.25, -0.2) is 0 Å². The van der Waals surface area contributed by atoms with Crippen LogP contribution in [0.15, 0.2) is 22.8 Å². The third-order valence-corrected chi connectivity index (χ3v) is 4.00. The lowest BCUT2D eigenvalue weighted by atomic mass is 10.2. The van der Waals surface area contributed by atoms with E-state index < -0.39 is 0 Å². The molecular weight excluding hydrogens is 316 g/mol. The zero-order valence-corrected chi connectivity index (χ0v) is 13.1. The molecule has 0 saturated heterocycles. The Labute approximate surface area is 120 Å². The summed E-state index contributed by atoms with van der Waals surface area (Å²) in [6.07, 6.45) is 1.86. The second-order valence-electron chi connectivity index (χ2n) is 5.30. The number of hydrogen-bond acceptors (Lipinski definition) is 1. The second kappa shape index (κ2) is 5.11. The van der Waals surface area contributed by atoms with E-state index in [4.69, 9.17) is 16.3 Å². The first-order valence-corrected chi connectivity index (χ1v) is 6.94. The quantitative estimate of drug-likeness (QED) is 0.849. The SMILES string of the molecule is C[N+](C)(C)CCOc1c[nH]c2ccc(Br)c(Cl)c12. The summed E-state index contributed by atoms with van der Waals surface area (Å²) < 4.78 is 7.58. The van der Waals surface area contributed by atoms with Gasteiger partial charge >= 0.3 is 0 Å². The van der Waals surface area contributed by atoms with Crippen molar-refractivity contribution in [3.63, 3.8) is 0 Å². The van der Waals surface area contributed by atoms with Gasteiger partial charge in [-0.05, 0) is 28.1 Å². The van der Waals surface area contributed by atoms with Crippen LogP contribution in [0.25, 0.3) is 10.9 Å². The molecule has 0 saturated carbocycles. The summed E-state index contributed by atoms with van der Waals surface area (Å²) in [5.41, 5.74) is 0.989. The van der Waals surface area contributed by atoms with E-state index in [0.717, 1.165) is 32.2 Å². The Morgan fingerprint density at radius 1 is 1.33 bits per heavy atom. The molecule has 0 radical (unpaired) electrons. The predicted molar refractivity (Wildman–Crippen MR) is 79.4 cm³/mol. The lowest BCUT2D eigenvalue weighted by molar-refractivity contribution is -0.870. The Balaban J connectivity index is 2.21. The molecule has 98 valence electrons. The Morgan fingerprint density at radius 3 is 2.72 bits per heavy atom. The van der Waals surface area contributed by atoms with Crippen LogP contribution < -0.4 is 4.74 Å². The van der Waals surface area contributed by atoms with E-state index in [1.165, 1.54) is 0 Å². The summed E-state index contributed by atoms with van der Waals surface area (Å²) in [6, 6.07) is 3.91. The average Bonchev–Trinajstić information content (AvgIpc) is 2.66. The molecule has 1 aromatic heterocycles. The molecule has 1 heterocycles. The molecule has 0 aliphatic rings. The van der Waals surface area contributed by atoms with Gasteiger partial charge < -0.3 is 14.2 Å².